The Morgan fingerprint density at radius 3 is 2.81 bits per heavy atom. The summed E-state index contributed by atoms with van der Waals surface area (Å²) in [5, 5.41) is 1.05. The zero-order chi connectivity index (χ0) is 11.5. The molecular formula is C9H8ClN5S. The van der Waals surface area contributed by atoms with Crippen LogP contribution in [0, 0.1) is 0 Å². The predicted octanol–water partition coefficient (Wildman–Crippen LogP) is 1.89. The predicted molar refractivity (Wildman–Crippen MR) is 64.3 cm³/mol. The van der Waals surface area contributed by atoms with Gasteiger partial charge < -0.3 is 5.73 Å². The summed E-state index contributed by atoms with van der Waals surface area (Å²) in [5.74, 6) is 0.645. The van der Waals surface area contributed by atoms with E-state index in [2.05, 4.69) is 19.9 Å². The van der Waals surface area contributed by atoms with Crippen LogP contribution in [-0.2, 0) is 0 Å². The molecule has 2 aromatic rings. The highest BCUT2D eigenvalue weighted by Crippen LogP contribution is 2.25. The topological polar surface area (TPSA) is 77.6 Å². The molecule has 0 unspecified atom stereocenters. The molecule has 16 heavy (non-hydrogen) atoms. The van der Waals surface area contributed by atoms with Crippen LogP contribution in [-0.4, -0.2) is 26.2 Å². The molecule has 5 nitrogen and oxygen atoms in total. The maximum absolute atomic E-state index is 6.00. The molecule has 0 saturated heterocycles. The summed E-state index contributed by atoms with van der Waals surface area (Å²) in [5.41, 5.74) is 6.28. The van der Waals surface area contributed by atoms with E-state index in [9.17, 15) is 0 Å². The number of aromatic nitrogens is 4. The maximum atomic E-state index is 6.00. The van der Waals surface area contributed by atoms with Crippen molar-refractivity contribution < 1.29 is 0 Å². The van der Waals surface area contributed by atoms with Gasteiger partial charge in [0.1, 0.15) is 0 Å². The molecule has 2 N–H and O–H groups in total. The zero-order valence-electron chi connectivity index (χ0n) is 8.38. The van der Waals surface area contributed by atoms with E-state index in [0.717, 1.165) is 0 Å². The number of rotatable bonds is 2. The normalized spacial score (nSPS) is 10.4. The first-order valence-electron chi connectivity index (χ1n) is 4.36. The second-order valence-electron chi connectivity index (χ2n) is 2.86. The van der Waals surface area contributed by atoms with Crippen LogP contribution in [0.4, 0.5) is 5.95 Å². The molecule has 2 aromatic heterocycles. The Balaban J connectivity index is 2.56. The lowest BCUT2D eigenvalue weighted by Gasteiger charge is -2.04. The van der Waals surface area contributed by atoms with E-state index in [-0.39, 0.29) is 5.95 Å². The molecule has 0 saturated carbocycles. The average molecular weight is 254 g/mol. The fourth-order valence-electron chi connectivity index (χ4n) is 1.14. The Morgan fingerprint density at radius 1 is 1.31 bits per heavy atom. The van der Waals surface area contributed by atoms with E-state index in [1.807, 2.05) is 6.26 Å². The monoisotopic (exact) mass is 253 g/mol. The van der Waals surface area contributed by atoms with Crippen molar-refractivity contribution in [3.8, 4) is 11.4 Å². The van der Waals surface area contributed by atoms with Crippen molar-refractivity contribution in [2.24, 2.45) is 0 Å². The standard InChI is InChI=1S/C9H8ClN5S/c1-16-9-14-7(13-8(11)15-9)5-2-3-12-4-6(5)10/h2-4H,1H3,(H2,11,13,14,15). The summed E-state index contributed by atoms with van der Waals surface area (Å²) >= 11 is 7.39. The van der Waals surface area contributed by atoms with Gasteiger partial charge in [-0.25, -0.2) is 4.98 Å². The molecule has 0 spiro atoms. The highest BCUT2D eigenvalue weighted by atomic mass is 35.5. The second-order valence-corrected chi connectivity index (χ2v) is 4.04. The molecule has 0 aromatic carbocycles. The lowest BCUT2D eigenvalue weighted by molar-refractivity contribution is 0.927. The molecule has 0 atom stereocenters. The fourth-order valence-corrected chi connectivity index (χ4v) is 1.71. The summed E-state index contributed by atoms with van der Waals surface area (Å²) < 4.78 is 0. The smallest absolute Gasteiger partial charge is 0.224 e. The number of hydrogen-bond donors (Lipinski definition) is 1. The third-order valence-corrected chi connectivity index (χ3v) is 2.68. The Bertz CT molecular complexity index is 519. The van der Waals surface area contributed by atoms with Gasteiger partial charge in [0, 0.05) is 18.0 Å². The van der Waals surface area contributed by atoms with Crippen LogP contribution in [0.15, 0.2) is 23.6 Å². The minimum Gasteiger partial charge on any atom is -0.368 e. The van der Waals surface area contributed by atoms with Gasteiger partial charge in [0.2, 0.25) is 5.95 Å². The van der Waals surface area contributed by atoms with Crippen molar-refractivity contribution in [2.45, 2.75) is 5.16 Å². The number of nitrogens with two attached hydrogens (primary N) is 1. The molecular weight excluding hydrogens is 246 g/mol. The van der Waals surface area contributed by atoms with E-state index in [0.29, 0.717) is 21.6 Å². The van der Waals surface area contributed by atoms with Crippen molar-refractivity contribution in [3.63, 3.8) is 0 Å². The Kier molecular flexibility index (Phi) is 3.21. The second kappa shape index (κ2) is 4.63. The first-order valence-corrected chi connectivity index (χ1v) is 5.96. The van der Waals surface area contributed by atoms with E-state index in [1.165, 1.54) is 18.0 Å². The molecule has 7 heteroatoms. The first-order chi connectivity index (χ1) is 7.70. The lowest BCUT2D eigenvalue weighted by Crippen LogP contribution is -2.01. The number of anilines is 1. The van der Waals surface area contributed by atoms with Gasteiger partial charge in [-0.1, -0.05) is 23.4 Å². The van der Waals surface area contributed by atoms with Crippen LogP contribution >= 0.6 is 23.4 Å². The molecule has 0 aliphatic rings. The number of halogens is 1. The van der Waals surface area contributed by atoms with Crippen molar-refractivity contribution in [2.75, 3.05) is 12.0 Å². The SMILES string of the molecule is CSc1nc(N)nc(-c2ccncc2Cl)n1. The molecule has 0 aliphatic carbocycles. The van der Waals surface area contributed by atoms with E-state index in [4.69, 9.17) is 17.3 Å². The summed E-state index contributed by atoms with van der Waals surface area (Å²) in [6.45, 7) is 0. The third-order valence-electron chi connectivity index (χ3n) is 1.83. The van der Waals surface area contributed by atoms with Crippen molar-refractivity contribution in [3.05, 3.63) is 23.5 Å². The van der Waals surface area contributed by atoms with Crippen molar-refractivity contribution in [1.82, 2.24) is 19.9 Å². The Morgan fingerprint density at radius 2 is 2.12 bits per heavy atom. The number of nitrogens with zero attached hydrogens (tertiary/aromatic N) is 4. The summed E-state index contributed by atoms with van der Waals surface area (Å²) in [4.78, 5) is 16.1. The number of nitrogen functional groups attached to an aromatic ring is 1. The summed E-state index contributed by atoms with van der Waals surface area (Å²) in [7, 11) is 0. The highest BCUT2D eigenvalue weighted by Gasteiger charge is 2.09. The quantitative estimate of drug-likeness (QED) is 0.824. The van der Waals surface area contributed by atoms with Gasteiger partial charge in [-0.05, 0) is 12.3 Å². The van der Waals surface area contributed by atoms with Gasteiger partial charge >= 0.3 is 0 Å². The van der Waals surface area contributed by atoms with E-state index in [1.54, 1.807) is 12.3 Å². The van der Waals surface area contributed by atoms with Crippen molar-refractivity contribution >= 4 is 29.3 Å². The van der Waals surface area contributed by atoms with E-state index >= 15 is 0 Å². The molecule has 2 rings (SSSR count). The number of thioether (sulfide) groups is 1. The fraction of sp³-hybridized carbons (Fsp3) is 0.111. The first kappa shape index (κ1) is 11.1. The maximum Gasteiger partial charge on any atom is 0.224 e. The Labute approximate surface area is 101 Å². The molecule has 0 fully saturated rings. The van der Waals surface area contributed by atoms with Crippen molar-refractivity contribution in [1.29, 1.82) is 0 Å². The molecule has 2 heterocycles. The molecule has 0 bridgehead atoms. The Hall–Kier alpha value is -1.40. The van der Waals surface area contributed by atoms with Crippen LogP contribution < -0.4 is 5.73 Å². The van der Waals surface area contributed by atoms with Gasteiger partial charge in [0.15, 0.2) is 11.0 Å². The molecule has 0 amide bonds. The van der Waals surface area contributed by atoms with Gasteiger partial charge in [0.05, 0.1) is 5.02 Å². The van der Waals surface area contributed by atoms with Gasteiger partial charge in [-0.2, -0.15) is 9.97 Å². The average Bonchev–Trinajstić information content (AvgIpc) is 2.28. The van der Waals surface area contributed by atoms with Crippen LogP contribution in [0.3, 0.4) is 0 Å². The summed E-state index contributed by atoms with van der Waals surface area (Å²) in [6, 6.07) is 1.74. The number of pyridine rings is 1. The third kappa shape index (κ3) is 2.23. The molecule has 0 radical (unpaired) electrons. The molecule has 82 valence electrons. The zero-order valence-corrected chi connectivity index (χ0v) is 9.96. The lowest BCUT2D eigenvalue weighted by atomic mass is 10.2. The minimum absolute atomic E-state index is 0.183. The minimum atomic E-state index is 0.183. The molecule has 0 aliphatic heterocycles. The largest absolute Gasteiger partial charge is 0.368 e. The van der Waals surface area contributed by atoms with Gasteiger partial charge in [-0.3, -0.25) is 4.98 Å². The number of hydrogen-bond acceptors (Lipinski definition) is 6. The highest BCUT2D eigenvalue weighted by molar-refractivity contribution is 7.98. The van der Waals surface area contributed by atoms with Gasteiger partial charge in [0.25, 0.3) is 0 Å². The van der Waals surface area contributed by atoms with Crippen LogP contribution in [0.25, 0.3) is 11.4 Å². The van der Waals surface area contributed by atoms with Gasteiger partial charge in [-0.15, -0.1) is 0 Å². The van der Waals surface area contributed by atoms with Crippen LogP contribution in [0.2, 0.25) is 5.02 Å². The van der Waals surface area contributed by atoms with Crippen LogP contribution in [0.5, 0.6) is 0 Å². The van der Waals surface area contributed by atoms with Crippen LogP contribution in [0.1, 0.15) is 0 Å². The summed E-state index contributed by atoms with van der Waals surface area (Å²) in [6.07, 6.45) is 5.03. The van der Waals surface area contributed by atoms with E-state index < -0.39 is 0 Å².